The zero-order valence-electron chi connectivity index (χ0n) is 12.8. The third kappa shape index (κ3) is 1.83. The van der Waals surface area contributed by atoms with Gasteiger partial charge in [-0.3, -0.25) is 0 Å². The Morgan fingerprint density at radius 3 is 2.15 bits per heavy atom. The number of aryl methyl sites for hydroxylation is 5. The van der Waals surface area contributed by atoms with Crippen LogP contribution in [-0.2, 0) is 7.05 Å². The lowest BCUT2D eigenvalue weighted by molar-refractivity contribution is 0.955. The number of rotatable bonds is 1. The first kappa shape index (κ1) is 12.9. The van der Waals surface area contributed by atoms with Gasteiger partial charge in [-0.05, 0) is 50.5 Å². The Morgan fingerprint density at radius 2 is 1.55 bits per heavy atom. The molecule has 102 valence electrons. The highest BCUT2D eigenvalue weighted by atomic mass is 15.1. The van der Waals surface area contributed by atoms with E-state index in [9.17, 15) is 0 Å². The molecule has 0 N–H and O–H groups in total. The van der Waals surface area contributed by atoms with Crippen LogP contribution in [0.3, 0.4) is 0 Å². The van der Waals surface area contributed by atoms with Gasteiger partial charge in [0.2, 0.25) is 0 Å². The van der Waals surface area contributed by atoms with Crippen molar-refractivity contribution in [1.29, 1.82) is 0 Å². The van der Waals surface area contributed by atoms with E-state index in [-0.39, 0.29) is 0 Å². The maximum absolute atomic E-state index is 4.90. The third-order valence-electron chi connectivity index (χ3n) is 4.01. The number of fused-ring (bicyclic) bond motifs is 1. The Kier molecular flexibility index (Phi) is 2.89. The molecule has 0 unspecified atom stereocenters. The smallest absolute Gasteiger partial charge is 0.141 e. The second kappa shape index (κ2) is 4.48. The van der Waals surface area contributed by atoms with Crippen LogP contribution in [0.5, 0.6) is 0 Å². The van der Waals surface area contributed by atoms with Gasteiger partial charge < -0.3 is 4.57 Å². The zero-order chi connectivity index (χ0) is 14.4. The van der Waals surface area contributed by atoms with Gasteiger partial charge in [-0.2, -0.15) is 0 Å². The first-order valence-electron chi connectivity index (χ1n) is 6.99. The number of imidazole rings is 1. The van der Waals surface area contributed by atoms with Gasteiger partial charge in [0, 0.05) is 12.6 Å². The van der Waals surface area contributed by atoms with E-state index in [2.05, 4.69) is 69.6 Å². The highest BCUT2D eigenvalue weighted by molar-refractivity contribution is 5.84. The molecule has 0 saturated carbocycles. The number of nitrogens with zero attached hydrogens (tertiary/aromatic N) is 2. The second-order valence-electron chi connectivity index (χ2n) is 5.71. The van der Waals surface area contributed by atoms with Crippen molar-refractivity contribution in [1.82, 2.24) is 9.55 Å². The molecule has 0 spiro atoms. The monoisotopic (exact) mass is 264 g/mol. The molecule has 1 heterocycles. The molecule has 0 radical (unpaired) electrons. The molecule has 0 amide bonds. The van der Waals surface area contributed by atoms with Gasteiger partial charge in [0.15, 0.2) is 0 Å². The lowest BCUT2D eigenvalue weighted by Gasteiger charge is -2.11. The molecular formula is C18H20N2. The fourth-order valence-corrected chi connectivity index (χ4v) is 3.11. The van der Waals surface area contributed by atoms with Gasteiger partial charge >= 0.3 is 0 Å². The van der Waals surface area contributed by atoms with Gasteiger partial charge in [-0.15, -0.1) is 0 Å². The number of benzene rings is 2. The lowest BCUT2D eigenvalue weighted by Crippen LogP contribution is -1.97. The quantitative estimate of drug-likeness (QED) is 0.634. The van der Waals surface area contributed by atoms with Gasteiger partial charge in [-0.25, -0.2) is 4.98 Å². The molecule has 2 heteroatoms. The molecule has 0 saturated heterocycles. The van der Waals surface area contributed by atoms with Crippen LogP contribution in [0.4, 0.5) is 0 Å². The van der Waals surface area contributed by atoms with E-state index >= 15 is 0 Å². The maximum atomic E-state index is 4.90. The minimum Gasteiger partial charge on any atom is -0.327 e. The van der Waals surface area contributed by atoms with Crippen molar-refractivity contribution >= 4 is 11.0 Å². The molecule has 0 bridgehead atoms. The summed E-state index contributed by atoms with van der Waals surface area (Å²) in [6, 6.07) is 10.8. The van der Waals surface area contributed by atoms with Crippen molar-refractivity contribution in [2.75, 3.05) is 0 Å². The lowest BCUT2D eigenvalue weighted by atomic mass is 9.99. The van der Waals surface area contributed by atoms with Crippen LogP contribution < -0.4 is 0 Å². The summed E-state index contributed by atoms with van der Waals surface area (Å²) in [4.78, 5) is 4.90. The maximum Gasteiger partial charge on any atom is 0.141 e. The Labute approximate surface area is 120 Å². The summed E-state index contributed by atoms with van der Waals surface area (Å²) in [5.74, 6) is 1.06. The number of para-hydroxylation sites is 1. The minimum atomic E-state index is 1.06. The van der Waals surface area contributed by atoms with Gasteiger partial charge in [-0.1, -0.05) is 29.8 Å². The molecular weight excluding hydrogens is 244 g/mol. The van der Waals surface area contributed by atoms with Crippen LogP contribution in [0, 0.1) is 27.7 Å². The van der Waals surface area contributed by atoms with E-state index in [1.54, 1.807) is 0 Å². The molecule has 3 aromatic rings. The molecule has 2 nitrogen and oxygen atoms in total. The Bertz CT molecular complexity index is 787. The van der Waals surface area contributed by atoms with Crippen molar-refractivity contribution < 1.29 is 0 Å². The number of hydrogen-bond donors (Lipinski definition) is 0. The van der Waals surface area contributed by atoms with E-state index in [4.69, 9.17) is 4.98 Å². The van der Waals surface area contributed by atoms with Crippen molar-refractivity contribution in [3.05, 3.63) is 52.6 Å². The van der Waals surface area contributed by atoms with Gasteiger partial charge in [0.1, 0.15) is 5.82 Å². The van der Waals surface area contributed by atoms with Gasteiger partial charge in [0.05, 0.1) is 11.0 Å². The molecule has 0 aliphatic rings. The fourth-order valence-electron chi connectivity index (χ4n) is 3.11. The molecule has 0 atom stereocenters. The van der Waals surface area contributed by atoms with Crippen molar-refractivity contribution in [2.45, 2.75) is 27.7 Å². The average molecular weight is 264 g/mol. The van der Waals surface area contributed by atoms with Crippen molar-refractivity contribution in [3.8, 4) is 11.4 Å². The number of hydrogen-bond acceptors (Lipinski definition) is 1. The van der Waals surface area contributed by atoms with Crippen LogP contribution in [0.1, 0.15) is 22.3 Å². The molecule has 20 heavy (non-hydrogen) atoms. The van der Waals surface area contributed by atoms with E-state index in [1.165, 1.54) is 33.3 Å². The molecule has 2 aromatic carbocycles. The highest BCUT2D eigenvalue weighted by Crippen LogP contribution is 2.30. The standard InChI is InChI=1S/C18H20N2/c1-11-9-13(3)16(14(4)10-11)18-19-17-12(2)7-6-8-15(17)20(18)5/h6-10H,1-5H3. The van der Waals surface area contributed by atoms with Gasteiger partial charge in [0.25, 0.3) is 0 Å². The highest BCUT2D eigenvalue weighted by Gasteiger charge is 2.15. The summed E-state index contributed by atoms with van der Waals surface area (Å²) in [6.07, 6.45) is 0. The molecule has 0 fully saturated rings. The molecule has 3 rings (SSSR count). The summed E-state index contributed by atoms with van der Waals surface area (Å²) < 4.78 is 2.20. The minimum absolute atomic E-state index is 1.06. The summed E-state index contributed by atoms with van der Waals surface area (Å²) in [5.41, 5.74) is 8.67. The largest absolute Gasteiger partial charge is 0.327 e. The molecule has 0 aliphatic heterocycles. The summed E-state index contributed by atoms with van der Waals surface area (Å²) in [7, 11) is 2.10. The van der Waals surface area contributed by atoms with Crippen LogP contribution in [0.25, 0.3) is 22.4 Å². The Hall–Kier alpha value is -2.09. The van der Waals surface area contributed by atoms with Crippen LogP contribution in [0.15, 0.2) is 30.3 Å². The SMILES string of the molecule is Cc1cc(C)c(-c2nc3c(C)cccc3n2C)c(C)c1. The van der Waals surface area contributed by atoms with Crippen LogP contribution in [0.2, 0.25) is 0 Å². The summed E-state index contributed by atoms with van der Waals surface area (Å²) in [5, 5.41) is 0. The first-order chi connectivity index (χ1) is 9.49. The Balaban J connectivity index is 2.36. The van der Waals surface area contributed by atoms with Crippen LogP contribution in [-0.4, -0.2) is 9.55 Å². The predicted octanol–water partition coefficient (Wildman–Crippen LogP) is 4.47. The summed E-state index contributed by atoms with van der Waals surface area (Å²) >= 11 is 0. The number of aromatic nitrogens is 2. The second-order valence-corrected chi connectivity index (χ2v) is 5.71. The van der Waals surface area contributed by atoms with E-state index in [0.717, 1.165) is 11.3 Å². The van der Waals surface area contributed by atoms with E-state index in [0.29, 0.717) is 0 Å². The molecule has 1 aromatic heterocycles. The van der Waals surface area contributed by atoms with Crippen molar-refractivity contribution in [2.24, 2.45) is 7.05 Å². The topological polar surface area (TPSA) is 17.8 Å². The summed E-state index contributed by atoms with van der Waals surface area (Å²) in [6.45, 7) is 8.60. The van der Waals surface area contributed by atoms with Crippen LogP contribution >= 0.6 is 0 Å². The van der Waals surface area contributed by atoms with E-state index < -0.39 is 0 Å². The first-order valence-corrected chi connectivity index (χ1v) is 6.99. The predicted molar refractivity (Wildman–Crippen MR) is 85.1 cm³/mol. The van der Waals surface area contributed by atoms with E-state index in [1.807, 2.05) is 0 Å². The normalized spacial score (nSPS) is 11.2. The molecule has 0 aliphatic carbocycles. The average Bonchev–Trinajstić information content (AvgIpc) is 2.68. The fraction of sp³-hybridized carbons (Fsp3) is 0.278. The third-order valence-corrected chi connectivity index (χ3v) is 4.01. The van der Waals surface area contributed by atoms with Crippen molar-refractivity contribution in [3.63, 3.8) is 0 Å². The zero-order valence-corrected chi connectivity index (χ0v) is 12.8. The Morgan fingerprint density at radius 1 is 0.900 bits per heavy atom.